The van der Waals surface area contributed by atoms with E-state index in [4.69, 9.17) is 37.4 Å². The fraction of sp³-hybridized carbons (Fsp3) is 0.462. The average Bonchev–Trinajstić information content (AvgIpc) is 2.77. The lowest BCUT2D eigenvalue weighted by Crippen LogP contribution is -2.66. The van der Waals surface area contributed by atoms with Gasteiger partial charge in [0.2, 0.25) is 0 Å². The Labute approximate surface area is 145 Å². The van der Waals surface area contributed by atoms with Gasteiger partial charge in [-0.1, -0.05) is 23.2 Å². The third-order valence-electron chi connectivity index (χ3n) is 2.94. The monoisotopic (exact) mass is 388 g/mol. The predicted octanol–water partition coefficient (Wildman–Crippen LogP) is 3.31. The van der Waals surface area contributed by atoms with Gasteiger partial charge in [0.1, 0.15) is 0 Å². The highest BCUT2D eigenvalue weighted by Crippen LogP contribution is 2.47. The molecular formula is C13H13Cl2F3N2O4. The molecule has 2 N–H and O–H groups in total. The van der Waals surface area contributed by atoms with Crippen molar-refractivity contribution in [2.24, 2.45) is 0 Å². The Morgan fingerprint density at radius 1 is 1.29 bits per heavy atom. The second-order valence-electron chi connectivity index (χ2n) is 4.99. The molecule has 1 unspecified atom stereocenters. The van der Waals surface area contributed by atoms with Crippen molar-refractivity contribution in [2.75, 3.05) is 13.7 Å². The normalized spacial score (nSPS) is 16.6. The Kier molecular flexibility index (Phi) is 5.26. The van der Waals surface area contributed by atoms with Crippen molar-refractivity contribution >= 4 is 29.2 Å². The van der Waals surface area contributed by atoms with E-state index in [0.717, 1.165) is 12.1 Å². The Balaban J connectivity index is 2.23. The maximum absolute atomic E-state index is 13.4. The molecule has 0 bridgehead atoms. The Bertz CT molecular complexity index is 611. The predicted molar refractivity (Wildman–Crippen MR) is 79.5 cm³/mol. The number of hydrogen-bond acceptors (Lipinski definition) is 4. The number of ether oxygens (including phenoxy) is 3. The van der Waals surface area contributed by atoms with Crippen LogP contribution in [0.3, 0.4) is 0 Å². The molecule has 24 heavy (non-hydrogen) atoms. The van der Waals surface area contributed by atoms with Crippen LogP contribution in [0.5, 0.6) is 11.5 Å². The van der Waals surface area contributed by atoms with E-state index in [1.165, 1.54) is 7.11 Å². The summed E-state index contributed by atoms with van der Waals surface area (Å²) < 4.78 is 54.7. The number of benzene rings is 1. The highest BCUT2D eigenvalue weighted by Gasteiger charge is 2.65. The lowest BCUT2D eigenvalue weighted by Gasteiger charge is -2.30. The van der Waals surface area contributed by atoms with Crippen LogP contribution in [-0.2, 0) is 4.74 Å². The smallest absolute Gasteiger partial charge is 0.424 e. The summed E-state index contributed by atoms with van der Waals surface area (Å²) in [7, 11) is 1.39. The van der Waals surface area contributed by atoms with E-state index in [0.29, 0.717) is 0 Å². The van der Waals surface area contributed by atoms with E-state index in [2.05, 4.69) is 5.32 Å². The topological polar surface area (TPSA) is 68.8 Å². The summed E-state index contributed by atoms with van der Waals surface area (Å²) in [5.41, 5.74) is 0. The van der Waals surface area contributed by atoms with Gasteiger partial charge in [-0.3, -0.25) is 5.32 Å². The third-order valence-corrected chi connectivity index (χ3v) is 3.66. The largest absolute Gasteiger partial charge is 0.492 e. The van der Waals surface area contributed by atoms with Gasteiger partial charge in [0.25, 0.3) is 0 Å². The van der Waals surface area contributed by atoms with E-state index >= 15 is 0 Å². The molecule has 0 radical (unpaired) electrons. The first-order valence-corrected chi connectivity index (χ1v) is 7.35. The first kappa shape index (κ1) is 18.8. The van der Waals surface area contributed by atoms with Gasteiger partial charge in [0.15, 0.2) is 11.5 Å². The summed E-state index contributed by atoms with van der Waals surface area (Å²) in [6, 6.07) is 0.453. The number of carbonyl (C=O) groups excluding carboxylic acids is 1. The molecule has 0 fully saturated rings. The van der Waals surface area contributed by atoms with Crippen LogP contribution in [0.4, 0.5) is 18.0 Å². The van der Waals surface area contributed by atoms with Crippen LogP contribution in [-0.4, -0.2) is 37.9 Å². The summed E-state index contributed by atoms with van der Waals surface area (Å²) in [5, 5.41) is 3.88. The van der Waals surface area contributed by atoms with Crippen molar-refractivity contribution in [3.05, 3.63) is 22.2 Å². The van der Waals surface area contributed by atoms with Gasteiger partial charge in [-0.2, -0.15) is 13.2 Å². The van der Waals surface area contributed by atoms with Crippen molar-refractivity contribution in [1.29, 1.82) is 0 Å². The number of alkyl halides is 3. The van der Waals surface area contributed by atoms with Crippen molar-refractivity contribution < 1.29 is 32.2 Å². The van der Waals surface area contributed by atoms with Gasteiger partial charge < -0.3 is 19.5 Å². The zero-order valence-corrected chi connectivity index (χ0v) is 14.0. The maximum atomic E-state index is 13.4. The number of carbonyl (C=O) groups is 1. The van der Waals surface area contributed by atoms with Gasteiger partial charge in [-0.25, -0.2) is 4.79 Å². The molecule has 0 spiro atoms. The molecule has 0 saturated heterocycles. The van der Waals surface area contributed by atoms with Crippen LogP contribution in [0.15, 0.2) is 12.1 Å². The molecule has 1 atom stereocenters. The molecule has 134 valence electrons. The van der Waals surface area contributed by atoms with E-state index in [-0.39, 0.29) is 28.2 Å². The summed E-state index contributed by atoms with van der Waals surface area (Å²) in [6.45, 7) is 1.66. The molecule has 1 aromatic carbocycles. The fourth-order valence-corrected chi connectivity index (χ4v) is 2.25. The number of fused-ring (bicyclic) bond motifs is 1. The fourth-order valence-electron chi connectivity index (χ4n) is 1.94. The number of halogens is 5. The van der Waals surface area contributed by atoms with Crippen LogP contribution in [0.2, 0.25) is 10.0 Å². The van der Waals surface area contributed by atoms with Crippen LogP contribution in [0.25, 0.3) is 0 Å². The second-order valence-corrected chi connectivity index (χ2v) is 5.80. The zero-order chi connectivity index (χ0) is 18.1. The molecule has 0 aliphatic carbocycles. The Morgan fingerprint density at radius 3 is 2.21 bits per heavy atom. The van der Waals surface area contributed by atoms with Gasteiger partial charge in [0, 0.05) is 19.2 Å². The molecule has 2 amide bonds. The molecule has 2 rings (SSSR count). The van der Waals surface area contributed by atoms with E-state index in [1.807, 2.05) is 0 Å². The molecule has 0 saturated carbocycles. The second kappa shape index (κ2) is 6.73. The first-order valence-electron chi connectivity index (χ1n) is 6.59. The van der Waals surface area contributed by atoms with Gasteiger partial charge in [0.05, 0.1) is 22.7 Å². The summed E-state index contributed by atoms with van der Waals surface area (Å²) in [4.78, 5) is 11.8. The molecule has 1 heterocycles. The minimum atomic E-state index is -5.08. The van der Waals surface area contributed by atoms with Crippen molar-refractivity contribution in [3.63, 3.8) is 0 Å². The van der Waals surface area contributed by atoms with Crippen LogP contribution >= 0.6 is 23.2 Å². The van der Waals surface area contributed by atoms with Gasteiger partial charge >= 0.3 is 18.1 Å². The quantitative estimate of drug-likeness (QED) is 0.829. The highest BCUT2D eigenvalue weighted by molar-refractivity contribution is 6.42. The minimum Gasteiger partial charge on any atom is -0.424 e. The number of methoxy groups -OCH3 is 1. The molecule has 1 aromatic rings. The van der Waals surface area contributed by atoms with Crippen molar-refractivity contribution in [1.82, 2.24) is 10.6 Å². The Morgan fingerprint density at radius 2 is 1.79 bits per heavy atom. The van der Waals surface area contributed by atoms with Gasteiger partial charge in [-0.15, -0.1) is 0 Å². The van der Waals surface area contributed by atoms with E-state index in [9.17, 15) is 18.0 Å². The van der Waals surface area contributed by atoms with Crippen LogP contribution in [0.1, 0.15) is 6.92 Å². The molecular weight excluding hydrogens is 376 g/mol. The van der Waals surface area contributed by atoms with Crippen LogP contribution in [0, 0.1) is 0 Å². The van der Waals surface area contributed by atoms with Gasteiger partial charge in [-0.05, 0) is 6.92 Å². The molecule has 0 aromatic heterocycles. The highest BCUT2D eigenvalue weighted by atomic mass is 35.5. The Hall–Kier alpha value is -1.58. The first-order chi connectivity index (χ1) is 11.1. The molecule has 6 nitrogen and oxygen atoms in total. The number of urea groups is 1. The minimum absolute atomic E-state index is 0.0184. The lowest BCUT2D eigenvalue weighted by molar-refractivity contribution is -0.317. The van der Waals surface area contributed by atoms with Crippen molar-refractivity contribution in [2.45, 2.75) is 25.1 Å². The number of rotatable bonds is 4. The summed E-state index contributed by atoms with van der Waals surface area (Å²) in [5.74, 6) is -3.99. The lowest BCUT2D eigenvalue weighted by atomic mass is 10.3. The van der Waals surface area contributed by atoms with Crippen molar-refractivity contribution in [3.8, 4) is 11.5 Å². The number of amides is 2. The summed E-state index contributed by atoms with van der Waals surface area (Å²) >= 11 is 11.5. The number of hydrogen-bond donors (Lipinski definition) is 2. The molecule has 1 aliphatic heterocycles. The SMILES string of the molecule is COCC(C)NC(=O)NC1(C(F)(F)F)Oc2cc(Cl)c(Cl)cc2O1. The maximum Gasteiger partial charge on any atom is 0.492 e. The summed E-state index contributed by atoms with van der Waals surface area (Å²) in [6.07, 6.45) is -5.08. The van der Waals surface area contributed by atoms with E-state index in [1.54, 1.807) is 12.2 Å². The zero-order valence-electron chi connectivity index (χ0n) is 12.5. The van der Waals surface area contributed by atoms with Crippen LogP contribution < -0.4 is 20.1 Å². The third kappa shape index (κ3) is 3.73. The molecule has 1 aliphatic rings. The molecule has 11 heteroatoms. The standard InChI is InChI=1S/C13H13Cl2F3N2O4/c1-6(5-22-2)19-11(21)20-13(12(16,17)18)23-9-3-7(14)8(15)4-10(9)24-13/h3-4,6H,5H2,1-2H3,(H2,19,20,21). The van der Waals surface area contributed by atoms with E-state index < -0.39 is 24.2 Å². The average molecular weight is 389 g/mol. The number of nitrogens with one attached hydrogen (secondary N) is 2.